The lowest BCUT2D eigenvalue weighted by atomic mass is 10.1. The van der Waals surface area contributed by atoms with E-state index in [1.54, 1.807) is 0 Å². The molecule has 0 aliphatic rings. The van der Waals surface area contributed by atoms with Gasteiger partial charge in [-0.25, -0.2) is 0 Å². The van der Waals surface area contributed by atoms with E-state index in [4.69, 9.17) is 10.3 Å². The molecule has 0 atom stereocenters. The number of ether oxygens (including phenoxy) is 1. The zero-order valence-corrected chi connectivity index (χ0v) is 11.8. The fourth-order valence-electron chi connectivity index (χ4n) is 1.60. The Morgan fingerprint density at radius 1 is 1.11 bits per heavy atom. The third-order valence-corrected chi connectivity index (χ3v) is 2.37. The normalized spacial score (nSPS) is 10.8. The molecule has 0 spiro atoms. The number of unbranched alkanes of at least 4 members (excludes halogenated alkanes) is 5. The summed E-state index contributed by atoms with van der Waals surface area (Å²) in [5.74, 6) is -0.106. The lowest BCUT2D eigenvalue weighted by Gasteiger charge is -2.19. The van der Waals surface area contributed by atoms with Crippen molar-refractivity contribution in [3.63, 3.8) is 0 Å². The smallest absolute Gasteiger partial charge is 0.306 e. The Kier molecular flexibility index (Phi) is 9.11. The number of azide groups is 1. The molecule has 0 N–H and O–H groups in total. The van der Waals surface area contributed by atoms with E-state index in [1.807, 2.05) is 20.8 Å². The molecule has 0 radical (unpaired) electrons. The van der Waals surface area contributed by atoms with Crippen molar-refractivity contribution in [3.05, 3.63) is 10.4 Å². The van der Waals surface area contributed by atoms with Crippen LogP contribution in [0.4, 0.5) is 0 Å². The Morgan fingerprint density at radius 3 is 2.22 bits per heavy atom. The van der Waals surface area contributed by atoms with Crippen LogP contribution < -0.4 is 0 Å². The van der Waals surface area contributed by atoms with Gasteiger partial charge in [-0.1, -0.05) is 30.8 Å². The Hall–Kier alpha value is -1.22. The Labute approximate surface area is 110 Å². The average molecular weight is 255 g/mol. The quantitative estimate of drug-likeness (QED) is 0.202. The zero-order valence-electron chi connectivity index (χ0n) is 11.8. The maximum absolute atomic E-state index is 11.4. The molecule has 0 aromatic rings. The van der Waals surface area contributed by atoms with Gasteiger partial charge in [-0.05, 0) is 39.1 Å². The van der Waals surface area contributed by atoms with Gasteiger partial charge in [0.1, 0.15) is 5.60 Å². The summed E-state index contributed by atoms with van der Waals surface area (Å²) in [5, 5.41) is 3.48. The van der Waals surface area contributed by atoms with Crippen molar-refractivity contribution < 1.29 is 9.53 Å². The highest BCUT2D eigenvalue weighted by Crippen LogP contribution is 2.12. The van der Waals surface area contributed by atoms with Gasteiger partial charge in [-0.3, -0.25) is 4.79 Å². The summed E-state index contributed by atoms with van der Waals surface area (Å²) >= 11 is 0. The van der Waals surface area contributed by atoms with E-state index < -0.39 is 0 Å². The van der Waals surface area contributed by atoms with Crippen molar-refractivity contribution in [2.24, 2.45) is 5.11 Å². The molecule has 0 aliphatic heterocycles. The van der Waals surface area contributed by atoms with Crippen LogP contribution in [-0.4, -0.2) is 18.1 Å². The third kappa shape index (κ3) is 12.8. The van der Waals surface area contributed by atoms with Gasteiger partial charge in [0.05, 0.1) is 0 Å². The van der Waals surface area contributed by atoms with Crippen LogP contribution in [0.2, 0.25) is 0 Å². The molecule has 5 heteroatoms. The van der Waals surface area contributed by atoms with Crippen molar-refractivity contribution in [2.75, 3.05) is 6.54 Å². The first-order valence-electron chi connectivity index (χ1n) is 6.68. The van der Waals surface area contributed by atoms with E-state index >= 15 is 0 Å². The molecule has 0 amide bonds. The maximum atomic E-state index is 11.4. The predicted molar refractivity (Wildman–Crippen MR) is 72.2 cm³/mol. The third-order valence-electron chi connectivity index (χ3n) is 2.37. The van der Waals surface area contributed by atoms with Gasteiger partial charge in [0.2, 0.25) is 0 Å². The first kappa shape index (κ1) is 16.8. The summed E-state index contributed by atoms with van der Waals surface area (Å²) < 4.78 is 5.22. The van der Waals surface area contributed by atoms with Crippen LogP contribution in [-0.2, 0) is 9.53 Å². The molecule has 0 fully saturated rings. The Morgan fingerprint density at radius 2 is 1.67 bits per heavy atom. The van der Waals surface area contributed by atoms with Crippen molar-refractivity contribution in [1.82, 2.24) is 0 Å². The number of hydrogen-bond donors (Lipinski definition) is 0. The molecule has 0 bridgehead atoms. The molecule has 0 rings (SSSR count). The number of rotatable bonds is 9. The highest BCUT2D eigenvalue weighted by molar-refractivity contribution is 5.69. The molecule has 104 valence electrons. The number of nitrogens with zero attached hydrogens (tertiary/aromatic N) is 3. The molecular weight excluding hydrogens is 230 g/mol. The summed E-state index contributed by atoms with van der Waals surface area (Å²) in [6.45, 7) is 6.24. The highest BCUT2D eigenvalue weighted by atomic mass is 16.6. The Bertz CT molecular complexity index is 278. The van der Waals surface area contributed by atoms with E-state index in [0.717, 1.165) is 38.5 Å². The van der Waals surface area contributed by atoms with Gasteiger partial charge < -0.3 is 4.74 Å². The molecule has 0 aromatic carbocycles. The van der Waals surface area contributed by atoms with Crippen LogP contribution in [0.5, 0.6) is 0 Å². The second kappa shape index (κ2) is 9.77. The summed E-state index contributed by atoms with van der Waals surface area (Å²) in [5.41, 5.74) is 7.71. The molecular formula is C13H25N3O2. The molecule has 0 aromatic heterocycles. The molecule has 18 heavy (non-hydrogen) atoms. The van der Waals surface area contributed by atoms with Gasteiger partial charge in [-0.2, -0.15) is 0 Å². The van der Waals surface area contributed by atoms with Crippen molar-refractivity contribution in [1.29, 1.82) is 0 Å². The highest BCUT2D eigenvalue weighted by Gasteiger charge is 2.15. The Balaban J connectivity index is 3.30. The number of carbonyl (C=O) groups excluding carboxylic acids is 1. The maximum Gasteiger partial charge on any atom is 0.306 e. The van der Waals surface area contributed by atoms with E-state index in [-0.39, 0.29) is 11.6 Å². The van der Waals surface area contributed by atoms with Crippen LogP contribution in [0, 0.1) is 0 Å². The minimum absolute atomic E-state index is 0.106. The fraction of sp³-hybridized carbons (Fsp3) is 0.923. The minimum Gasteiger partial charge on any atom is -0.460 e. The largest absolute Gasteiger partial charge is 0.460 e. The van der Waals surface area contributed by atoms with Crippen LogP contribution >= 0.6 is 0 Å². The number of carbonyl (C=O) groups is 1. The zero-order chi connectivity index (χ0) is 13.9. The van der Waals surface area contributed by atoms with Gasteiger partial charge in [0, 0.05) is 17.9 Å². The summed E-state index contributed by atoms with van der Waals surface area (Å²) in [6, 6.07) is 0. The summed E-state index contributed by atoms with van der Waals surface area (Å²) in [7, 11) is 0. The second-order valence-electron chi connectivity index (χ2n) is 5.41. The standard InChI is InChI=1S/C13H25N3O2/c1-13(2,3)18-12(17)10-8-6-4-5-7-9-11-15-16-14/h4-11H2,1-3H3. The molecule has 0 unspecified atom stereocenters. The van der Waals surface area contributed by atoms with Crippen LogP contribution in [0.3, 0.4) is 0 Å². The topological polar surface area (TPSA) is 75.1 Å². The van der Waals surface area contributed by atoms with Gasteiger partial charge in [-0.15, -0.1) is 0 Å². The van der Waals surface area contributed by atoms with Gasteiger partial charge in [0.25, 0.3) is 0 Å². The molecule has 0 saturated heterocycles. The van der Waals surface area contributed by atoms with E-state index in [0.29, 0.717) is 13.0 Å². The lowest BCUT2D eigenvalue weighted by molar-refractivity contribution is -0.154. The SMILES string of the molecule is CC(C)(C)OC(=O)CCCCCCCCN=[N+]=[N-]. The minimum atomic E-state index is -0.377. The van der Waals surface area contributed by atoms with Crippen LogP contribution in [0.1, 0.15) is 65.7 Å². The van der Waals surface area contributed by atoms with Crippen LogP contribution in [0.25, 0.3) is 10.4 Å². The number of hydrogen-bond acceptors (Lipinski definition) is 3. The summed E-state index contributed by atoms with van der Waals surface area (Å²) in [4.78, 5) is 14.1. The van der Waals surface area contributed by atoms with Gasteiger partial charge in [0.15, 0.2) is 0 Å². The number of esters is 1. The van der Waals surface area contributed by atoms with E-state index in [2.05, 4.69) is 10.0 Å². The molecule has 0 saturated carbocycles. The molecule has 0 aliphatic carbocycles. The molecule has 0 heterocycles. The van der Waals surface area contributed by atoms with Crippen molar-refractivity contribution >= 4 is 5.97 Å². The first-order chi connectivity index (χ1) is 8.45. The average Bonchev–Trinajstić information content (AvgIpc) is 2.24. The van der Waals surface area contributed by atoms with Gasteiger partial charge >= 0.3 is 5.97 Å². The second-order valence-corrected chi connectivity index (χ2v) is 5.41. The van der Waals surface area contributed by atoms with Crippen LogP contribution in [0.15, 0.2) is 5.11 Å². The van der Waals surface area contributed by atoms with E-state index in [9.17, 15) is 4.79 Å². The van der Waals surface area contributed by atoms with Crippen molar-refractivity contribution in [3.8, 4) is 0 Å². The van der Waals surface area contributed by atoms with Crippen molar-refractivity contribution in [2.45, 2.75) is 71.3 Å². The predicted octanol–water partition coefficient (Wildman–Crippen LogP) is 4.37. The fourth-order valence-corrected chi connectivity index (χ4v) is 1.60. The summed E-state index contributed by atoms with van der Waals surface area (Å²) in [6.07, 6.45) is 6.76. The lowest BCUT2D eigenvalue weighted by Crippen LogP contribution is -2.23. The monoisotopic (exact) mass is 255 g/mol. The molecule has 5 nitrogen and oxygen atoms in total. The first-order valence-corrected chi connectivity index (χ1v) is 6.68. The van der Waals surface area contributed by atoms with E-state index in [1.165, 1.54) is 0 Å².